The fourth-order valence-electron chi connectivity index (χ4n) is 0.963. The van der Waals surface area contributed by atoms with E-state index in [0.717, 1.165) is 5.56 Å². The molecular formula is C9H10ClN3O2. The highest BCUT2D eigenvalue weighted by Gasteiger charge is 2.03. The number of nitrogens with one attached hydrogen (secondary N) is 2. The van der Waals surface area contributed by atoms with Gasteiger partial charge >= 0.3 is 6.03 Å². The fraction of sp³-hybridized carbons (Fsp3) is 0.111. The van der Waals surface area contributed by atoms with Crippen LogP contribution in [0.5, 0.6) is 0 Å². The van der Waals surface area contributed by atoms with Gasteiger partial charge in [0.1, 0.15) is 0 Å². The Morgan fingerprint density at radius 2 is 1.80 bits per heavy atom. The van der Waals surface area contributed by atoms with Crippen molar-refractivity contribution in [2.24, 2.45) is 5.73 Å². The quantitative estimate of drug-likeness (QED) is 0.646. The maximum atomic E-state index is 11.2. The minimum absolute atomic E-state index is 0.150. The number of hydrazine groups is 1. The third kappa shape index (κ3) is 4.33. The van der Waals surface area contributed by atoms with E-state index in [1.807, 2.05) is 5.43 Å². The molecule has 3 amide bonds. The summed E-state index contributed by atoms with van der Waals surface area (Å²) in [5.41, 5.74) is 9.71. The third-order valence-electron chi connectivity index (χ3n) is 1.60. The van der Waals surface area contributed by atoms with Crippen molar-refractivity contribution in [3.8, 4) is 0 Å². The first-order valence-corrected chi connectivity index (χ1v) is 4.54. The highest BCUT2D eigenvalue weighted by Crippen LogP contribution is 2.09. The summed E-state index contributed by atoms with van der Waals surface area (Å²) in [6, 6.07) is 6.02. The molecule has 4 N–H and O–H groups in total. The number of hydrogen-bond acceptors (Lipinski definition) is 2. The maximum absolute atomic E-state index is 11.2. The Kier molecular flexibility index (Phi) is 3.93. The Morgan fingerprint density at radius 3 is 2.33 bits per heavy atom. The minimum atomic E-state index is -0.806. The second-order valence-electron chi connectivity index (χ2n) is 2.84. The lowest BCUT2D eigenvalue weighted by molar-refractivity contribution is -0.121. The molecule has 0 saturated carbocycles. The van der Waals surface area contributed by atoms with Crippen LogP contribution in [0, 0.1) is 0 Å². The van der Waals surface area contributed by atoms with Crippen molar-refractivity contribution in [1.82, 2.24) is 10.9 Å². The maximum Gasteiger partial charge on any atom is 0.330 e. The first-order valence-electron chi connectivity index (χ1n) is 4.16. The van der Waals surface area contributed by atoms with Gasteiger partial charge in [0.15, 0.2) is 0 Å². The Bertz CT molecular complexity index is 364. The normalized spacial score (nSPS) is 9.40. The fourth-order valence-corrected chi connectivity index (χ4v) is 1.09. The first kappa shape index (κ1) is 11.3. The average Bonchev–Trinajstić information content (AvgIpc) is 2.19. The molecule has 5 nitrogen and oxygen atoms in total. The molecular weight excluding hydrogens is 218 g/mol. The number of rotatable bonds is 2. The zero-order valence-corrected chi connectivity index (χ0v) is 8.54. The van der Waals surface area contributed by atoms with Crippen molar-refractivity contribution < 1.29 is 9.59 Å². The number of carbonyl (C=O) groups excluding carboxylic acids is 2. The summed E-state index contributed by atoms with van der Waals surface area (Å²) < 4.78 is 0. The molecule has 0 radical (unpaired) electrons. The molecule has 0 aliphatic heterocycles. The Morgan fingerprint density at radius 1 is 1.20 bits per heavy atom. The van der Waals surface area contributed by atoms with E-state index in [0.29, 0.717) is 5.02 Å². The topological polar surface area (TPSA) is 84.2 Å². The van der Waals surface area contributed by atoms with Crippen LogP contribution in [0.4, 0.5) is 4.79 Å². The summed E-state index contributed by atoms with van der Waals surface area (Å²) in [4.78, 5) is 21.5. The molecule has 80 valence electrons. The van der Waals surface area contributed by atoms with E-state index in [-0.39, 0.29) is 12.3 Å². The predicted octanol–water partition coefficient (Wildman–Crippen LogP) is 0.582. The molecule has 1 rings (SSSR count). The number of urea groups is 1. The summed E-state index contributed by atoms with van der Waals surface area (Å²) in [6.45, 7) is 0. The second-order valence-corrected chi connectivity index (χ2v) is 3.28. The van der Waals surface area contributed by atoms with E-state index in [1.165, 1.54) is 0 Å². The van der Waals surface area contributed by atoms with E-state index in [9.17, 15) is 9.59 Å². The Hall–Kier alpha value is -1.75. The number of carbonyl (C=O) groups is 2. The molecule has 1 aromatic carbocycles. The Labute approximate surface area is 91.6 Å². The van der Waals surface area contributed by atoms with Gasteiger partial charge in [0.2, 0.25) is 5.91 Å². The first-order chi connectivity index (χ1) is 7.08. The van der Waals surface area contributed by atoms with Gasteiger partial charge < -0.3 is 5.73 Å². The second kappa shape index (κ2) is 5.21. The lowest BCUT2D eigenvalue weighted by Crippen LogP contribution is -2.45. The molecule has 0 saturated heterocycles. The molecule has 0 bridgehead atoms. The molecule has 0 heterocycles. The number of benzene rings is 1. The lowest BCUT2D eigenvalue weighted by atomic mass is 10.1. The van der Waals surface area contributed by atoms with Gasteiger partial charge in [0.05, 0.1) is 6.42 Å². The van der Waals surface area contributed by atoms with Gasteiger partial charge in [-0.25, -0.2) is 10.2 Å². The zero-order chi connectivity index (χ0) is 11.3. The standard InChI is InChI=1S/C9H10ClN3O2/c10-7-3-1-6(2-4-7)5-8(14)12-13-9(11)15/h1-4H,5H2,(H,12,14)(H3,11,13,15). The summed E-state index contributed by atoms with van der Waals surface area (Å²) in [5, 5.41) is 0.606. The molecule has 0 spiro atoms. The van der Waals surface area contributed by atoms with Crippen molar-refractivity contribution in [3.63, 3.8) is 0 Å². The summed E-state index contributed by atoms with van der Waals surface area (Å²) in [7, 11) is 0. The van der Waals surface area contributed by atoms with E-state index in [4.69, 9.17) is 17.3 Å². The van der Waals surface area contributed by atoms with E-state index < -0.39 is 6.03 Å². The molecule has 0 aliphatic carbocycles. The number of amides is 3. The van der Waals surface area contributed by atoms with Crippen LogP contribution in [0.1, 0.15) is 5.56 Å². The smallest absolute Gasteiger partial charge is 0.330 e. The summed E-state index contributed by atoms with van der Waals surface area (Å²) in [6.07, 6.45) is 0.150. The van der Waals surface area contributed by atoms with Crippen LogP contribution in [0.25, 0.3) is 0 Å². The number of hydrogen-bond donors (Lipinski definition) is 3. The summed E-state index contributed by atoms with van der Waals surface area (Å²) in [5.74, 6) is -0.351. The molecule has 1 aromatic rings. The van der Waals surface area contributed by atoms with Crippen LogP contribution in [0.15, 0.2) is 24.3 Å². The van der Waals surface area contributed by atoms with Crippen molar-refractivity contribution in [2.75, 3.05) is 0 Å². The lowest BCUT2D eigenvalue weighted by Gasteiger charge is -2.04. The number of nitrogens with two attached hydrogens (primary N) is 1. The molecule has 15 heavy (non-hydrogen) atoms. The zero-order valence-electron chi connectivity index (χ0n) is 7.79. The van der Waals surface area contributed by atoms with Gasteiger partial charge in [-0.3, -0.25) is 10.2 Å². The van der Waals surface area contributed by atoms with Gasteiger partial charge in [-0.15, -0.1) is 0 Å². The van der Waals surface area contributed by atoms with Crippen LogP contribution in [0.3, 0.4) is 0 Å². The van der Waals surface area contributed by atoms with E-state index >= 15 is 0 Å². The van der Waals surface area contributed by atoms with Crippen molar-refractivity contribution in [3.05, 3.63) is 34.9 Å². The molecule has 6 heteroatoms. The highest BCUT2D eigenvalue weighted by molar-refractivity contribution is 6.30. The van der Waals surface area contributed by atoms with Crippen LogP contribution < -0.4 is 16.6 Å². The van der Waals surface area contributed by atoms with Crippen LogP contribution in [-0.2, 0) is 11.2 Å². The van der Waals surface area contributed by atoms with E-state index in [1.54, 1.807) is 24.3 Å². The number of primary amides is 1. The van der Waals surface area contributed by atoms with Gasteiger partial charge in [-0.1, -0.05) is 23.7 Å². The van der Waals surface area contributed by atoms with Crippen molar-refractivity contribution in [2.45, 2.75) is 6.42 Å². The number of halogens is 1. The molecule has 0 aliphatic rings. The van der Waals surface area contributed by atoms with Crippen LogP contribution >= 0.6 is 11.6 Å². The third-order valence-corrected chi connectivity index (χ3v) is 1.86. The SMILES string of the molecule is NC(=O)NNC(=O)Cc1ccc(Cl)cc1. The van der Waals surface area contributed by atoms with Crippen LogP contribution in [0.2, 0.25) is 5.02 Å². The molecule has 0 unspecified atom stereocenters. The molecule has 0 atom stereocenters. The highest BCUT2D eigenvalue weighted by atomic mass is 35.5. The monoisotopic (exact) mass is 227 g/mol. The van der Waals surface area contributed by atoms with Crippen molar-refractivity contribution in [1.29, 1.82) is 0 Å². The van der Waals surface area contributed by atoms with Crippen LogP contribution in [-0.4, -0.2) is 11.9 Å². The Balaban J connectivity index is 2.44. The van der Waals surface area contributed by atoms with E-state index in [2.05, 4.69) is 5.43 Å². The summed E-state index contributed by atoms with van der Waals surface area (Å²) >= 11 is 5.68. The largest absolute Gasteiger partial charge is 0.350 e. The minimum Gasteiger partial charge on any atom is -0.350 e. The average molecular weight is 228 g/mol. The predicted molar refractivity (Wildman–Crippen MR) is 56.0 cm³/mol. The molecule has 0 aromatic heterocycles. The van der Waals surface area contributed by atoms with Gasteiger partial charge in [0.25, 0.3) is 0 Å². The van der Waals surface area contributed by atoms with Gasteiger partial charge in [0, 0.05) is 5.02 Å². The van der Waals surface area contributed by atoms with Crippen molar-refractivity contribution >= 4 is 23.5 Å². The van der Waals surface area contributed by atoms with Gasteiger partial charge in [-0.05, 0) is 17.7 Å². The van der Waals surface area contributed by atoms with Gasteiger partial charge in [-0.2, -0.15) is 0 Å². The molecule has 0 fully saturated rings.